The molecule has 0 saturated carbocycles. The highest BCUT2D eigenvalue weighted by Gasteiger charge is 2.31. The van der Waals surface area contributed by atoms with Crippen LogP contribution in [-0.2, 0) is 0 Å². The highest BCUT2D eigenvalue weighted by Crippen LogP contribution is 2.37. The van der Waals surface area contributed by atoms with Crippen LogP contribution in [0.15, 0.2) is 60.8 Å². The molecule has 2 heterocycles. The van der Waals surface area contributed by atoms with Gasteiger partial charge in [0.05, 0.1) is 20.3 Å². The van der Waals surface area contributed by atoms with Crippen LogP contribution < -0.4 is 9.47 Å². The van der Waals surface area contributed by atoms with Crippen molar-refractivity contribution in [3.05, 3.63) is 76.9 Å². The van der Waals surface area contributed by atoms with Gasteiger partial charge in [-0.25, -0.2) is 4.98 Å². The van der Waals surface area contributed by atoms with Crippen molar-refractivity contribution in [2.24, 2.45) is 0 Å². The van der Waals surface area contributed by atoms with E-state index in [9.17, 15) is 4.79 Å². The van der Waals surface area contributed by atoms with Crippen molar-refractivity contribution in [3.63, 3.8) is 0 Å². The van der Waals surface area contributed by atoms with Crippen molar-refractivity contribution in [2.45, 2.75) is 18.9 Å². The smallest absolute Gasteiger partial charge is 0.254 e. The topological polar surface area (TPSA) is 51.7 Å². The number of nitrogens with zero attached hydrogens (tertiary/aromatic N) is 2. The van der Waals surface area contributed by atoms with Gasteiger partial charge >= 0.3 is 0 Å². The largest absolute Gasteiger partial charge is 0.496 e. The first-order chi connectivity index (χ1) is 14.6. The van der Waals surface area contributed by atoms with Crippen LogP contribution in [-0.4, -0.2) is 36.6 Å². The Hall–Kier alpha value is -3.05. The number of amides is 1. The summed E-state index contributed by atoms with van der Waals surface area (Å²) in [4.78, 5) is 19.4. The fourth-order valence-electron chi connectivity index (χ4n) is 3.95. The SMILES string of the molecule is COc1cc(OC)c(-c2ccc(C(=O)N3CCC[C@@H]3c3ccccc3Cl)cc2)cn1. The van der Waals surface area contributed by atoms with E-state index in [-0.39, 0.29) is 11.9 Å². The molecular formula is C24H23ClN2O3. The van der Waals surface area contributed by atoms with Crippen LogP contribution in [0.2, 0.25) is 5.02 Å². The van der Waals surface area contributed by atoms with Gasteiger partial charge in [0.15, 0.2) is 0 Å². The van der Waals surface area contributed by atoms with Crippen molar-refractivity contribution in [1.29, 1.82) is 0 Å². The Bertz CT molecular complexity index is 1050. The molecule has 0 unspecified atom stereocenters. The monoisotopic (exact) mass is 422 g/mol. The van der Waals surface area contributed by atoms with E-state index < -0.39 is 0 Å². The number of carbonyl (C=O) groups is 1. The lowest BCUT2D eigenvalue weighted by atomic mass is 10.0. The van der Waals surface area contributed by atoms with Crippen LogP contribution in [0.4, 0.5) is 0 Å². The number of rotatable bonds is 5. The highest BCUT2D eigenvalue weighted by molar-refractivity contribution is 6.31. The summed E-state index contributed by atoms with van der Waals surface area (Å²) in [6, 6.07) is 17.0. The lowest BCUT2D eigenvalue weighted by molar-refractivity contribution is 0.0736. The minimum atomic E-state index is 0.0109. The minimum absolute atomic E-state index is 0.0109. The zero-order chi connectivity index (χ0) is 21.1. The van der Waals surface area contributed by atoms with Crippen LogP contribution in [0.25, 0.3) is 11.1 Å². The number of pyridine rings is 1. The predicted octanol–water partition coefficient (Wildman–Crippen LogP) is 5.40. The van der Waals surface area contributed by atoms with E-state index in [1.807, 2.05) is 53.4 Å². The van der Waals surface area contributed by atoms with E-state index in [2.05, 4.69) is 4.98 Å². The van der Waals surface area contributed by atoms with Crippen LogP contribution in [0.3, 0.4) is 0 Å². The van der Waals surface area contributed by atoms with Gasteiger partial charge in [-0.05, 0) is 42.2 Å². The average molecular weight is 423 g/mol. The van der Waals surface area contributed by atoms with Gasteiger partial charge in [0.2, 0.25) is 5.88 Å². The van der Waals surface area contributed by atoms with Crippen LogP contribution in [0.1, 0.15) is 34.8 Å². The fraction of sp³-hybridized carbons (Fsp3) is 0.250. The van der Waals surface area contributed by atoms with Crippen molar-refractivity contribution < 1.29 is 14.3 Å². The second-order valence-corrected chi connectivity index (χ2v) is 7.59. The third-order valence-corrected chi connectivity index (χ3v) is 5.83. The molecule has 0 N–H and O–H groups in total. The molecule has 1 fully saturated rings. The van der Waals surface area contributed by atoms with E-state index in [0.717, 1.165) is 36.1 Å². The van der Waals surface area contributed by atoms with Gasteiger partial charge in [0, 0.05) is 35.0 Å². The Labute approximate surface area is 181 Å². The maximum Gasteiger partial charge on any atom is 0.254 e. The Kier molecular flexibility index (Phi) is 5.91. The number of halogens is 1. The number of carbonyl (C=O) groups excluding carboxylic acids is 1. The number of ether oxygens (including phenoxy) is 2. The van der Waals surface area contributed by atoms with Gasteiger partial charge < -0.3 is 14.4 Å². The third kappa shape index (κ3) is 3.85. The fourth-order valence-corrected chi connectivity index (χ4v) is 4.21. The molecule has 2 aromatic carbocycles. The summed E-state index contributed by atoms with van der Waals surface area (Å²) in [6.07, 6.45) is 3.60. The molecule has 5 nitrogen and oxygen atoms in total. The summed E-state index contributed by atoms with van der Waals surface area (Å²) >= 11 is 6.39. The van der Waals surface area contributed by atoms with Crippen molar-refractivity contribution >= 4 is 17.5 Å². The van der Waals surface area contributed by atoms with Gasteiger partial charge in [-0.2, -0.15) is 0 Å². The van der Waals surface area contributed by atoms with Crippen LogP contribution in [0, 0.1) is 0 Å². The lowest BCUT2D eigenvalue weighted by Crippen LogP contribution is -2.30. The van der Waals surface area contributed by atoms with E-state index in [1.165, 1.54) is 0 Å². The normalized spacial score (nSPS) is 15.8. The number of hydrogen-bond acceptors (Lipinski definition) is 4. The standard InChI is InChI=1S/C24H23ClN2O3/c1-29-22-14-23(30-2)26-15-19(22)16-9-11-17(12-10-16)24(28)27-13-5-8-21(27)18-6-3-4-7-20(18)25/h3-4,6-7,9-12,14-15,21H,5,8,13H2,1-2H3/t21-/m1/s1. The Morgan fingerprint density at radius 1 is 1.10 bits per heavy atom. The van der Waals surface area contributed by atoms with E-state index in [0.29, 0.717) is 22.2 Å². The summed E-state index contributed by atoms with van der Waals surface area (Å²) < 4.78 is 10.6. The first-order valence-electron chi connectivity index (χ1n) is 9.86. The van der Waals surface area contributed by atoms with Crippen LogP contribution in [0.5, 0.6) is 11.6 Å². The quantitative estimate of drug-likeness (QED) is 0.552. The Morgan fingerprint density at radius 3 is 2.57 bits per heavy atom. The molecule has 1 saturated heterocycles. The molecule has 0 bridgehead atoms. The highest BCUT2D eigenvalue weighted by atomic mass is 35.5. The first-order valence-corrected chi connectivity index (χ1v) is 10.2. The van der Waals surface area contributed by atoms with Crippen molar-refractivity contribution in [2.75, 3.05) is 20.8 Å². The molecular weight excluding hydrogens is 400 g/mol. The summed E-state index contributed by atoms with van der Waals surface area (Å²) in [7, 11) is 3.18. The maximum atomic E-state index is 13.2. The average Bonchev–Trinajstić information content (AvgIpc) is 3.28. The number of benzene rings is 2. The first kappa shape index (κ1) is 20.2. The maximum absolute atomic E-state index is 13.2. The lowest BCUT2D eigenvalue weighted by Gasteiger charge is -2.26. The molecule has 0 aliphatic carbocycles. The molecule has 1 amide bonds. The number of methoxy groups -OCH3 is 2. The second-order valence-electron chi connectivity index (χ2n) is 7.18. The summed E-state index contributed by atoms with van der Waals surface area (Å²) in [5, 5.41) is 0.705. The molecule has 1 atom stereocenters. The van der Waals surface area contributed by atoms with Crippen LogP contribution >= 0.6 is 11.6 Å². The number of hydrogen-bond donors (Lipinski definition) is 0. The van der Waals surface area contributed by atoms with Gasteiger partial charge in [-0.1, -0.05) is 41.9 Å². The molecule has 0 spiro atoms. The van der Waals surface area contributed by atoms with Gasteiger partial charge in [0.25, 0.3) is 5.91 Å². The van der Waals surface area contributed by atoms with Gasteiger partial charge in [-0.15, -0.1) is 0 Å². The summed E-state index contributed by atoms with van der Waals surface area (Å²) in [6.45, 7) is 0.729. The molecule has 1 aliphatic heterocycles. The van der Waals surface area contributed by atoms with Crippen molar-refractivity contribution in [3.8, 4) is 22.8 Å². The number of aromatic nitrogens is 1. The minimum Gasteiger partial charge on any atom is -0.496 e. The summed E-state index contributed by atoms with van der Waals surface area (Å²) in [5.41, 5.74) is 3.42. The zero-order valence-corrected chi connectivity index (χ0v) is 17.7. The van der Waals surface area contributed by atoms with Crippen molar-refractivity contribution in [1.82, 2.24) is 9.88 Å². The number of likely N-dealkylation sites (tertiary alicyclic amines) is 1. The van der Waals surface area contributed by atoms with Gasteiger partial charge in [-0.3, -0.25) is 4.79 Å². The molecule has 3 aromatic rings. The zero-order valence-electron chi connectivity index (χ0n) is 17.0. The molecule has 1 aliphatic rings. The molecule has 6 heteroatoms. The molecule has 154 valence electrons. The molecule has 30 heavy (non-hydrogen) atoms. The predicted molar refractivity (Wildman–Crippen MR) is 117 cm³/mol. The summed E-state index contributed by atoms with van der Waals surface area (Å²) in [5.74, 6) is 1.17. The van der Waals surface area contributed by atoms with E-state index >= 15 is 0 Å². The molecule has 4 rings (SSSR count). The molecule has 0 radical (unpaired) electrons. The van der Waals surface area contributed by atoms with E-state index in [4.69, 9.17) is 21.1 Å². The van der Waals surface area contributed by atoms with E-state index in [1.54, 1.807) is 26.5 Å². The molecule has 1 aromatic heterocycles. The van der Waals surface area contributed by atoms with Gasteiger partial charge in [0.1, 0.15) is 5.75 Å². The Morgan fingerprint density at radius 2 is 1.87 bits per heavy atom. The Balaban J connectivity index is 1.58. The third-order valence-electron chi connectivity index (χ3n) is 5.49. The second kappa shape index (κ2) is 8.76.